The van der Waals surface area contributed by atoms with Crippen molar-refractivity contribution in [1.82, 2.24) is 0 Å². The lowest BCUT2D eigenvalue weighted by atomic mass is 9.77. The van der Waals surface area contributed by atoms with Crippen LogP contribution in [0.2, 0.25) is 0 Å². The first-order valence-corrected chi connectivity index (χ1v) is 17.3. The summed E-state index contributed by atoms with van der Waals surface area (Å²) in [5.74, 6) is -0.499. The van der Waals surface area contributed by atoms with E-state index in [0.717, 1.165) is 44.9 Å². The minimum atomic E-state index is -1.15. The summed E-state index contributed by atoms with van der Waals surface area (Å²) in [4.78, 5) is 16.3. The molecular weight excluding hydrogens is 643 g/mol. The van der Waals surface area contributed by atoms with E-state index in [1.807, 2.05) is 42.5 Å². The third-order valence-corrected chi connectivity index (χ3v) is 10.1. The van der Waals surface area contributed by atoms with Crippen molar-refractivity contribution >= 4 is 28.6 Å². The van der Waals surface area contributed by atoms with E-state index < -0.39 is 11.3 Å². The zero-order chi connectivity index (χ0) is 35.1. The van der Waals surface area contributed by atoms with Crippen molar-refractivity contribution in [2.75, 3.05) is 14.8 Å². The molecule has 0 aromatic heterocycles. The average Bonchev–Trinajstić information content (AvgIpc) is 3.71. The molecule has 0 radical (unpaired) electrons. The monoisotopic (exact) mass is 675 g/mol. The maximum atomic E-state index is 11.8. The summed E-state index contributed by atoms with van der Waals surface area (Å²) in [5.41, 5.74) is 7.02. The summed E-state index contributed by atoms with van der Waals surface area (Å²) in [6.07, 6.45) is 0. The van der Waals surface area contributed by atoms with Crippen LogP contribution in [0.25, 0.3) is 0 Å². The van der Waals surface area contributed by atoms with Crippen LogP contribution in [0.3, 0.4) is 0 Å². The van der Waals surface area contributed by atoms with Crippen LogP contribution in [-0.4, -0.2) is 10.8 Å². The van der Waals surface area contributed by atoms with Crippen LogP contribution in [0.1, 0.15) is 27.8 Å². The van der Waals surface area contributed by atoms with Gasteiger partial charge < -0.3 is 4.90 Å². The van der Waals surface area contributed by atoms with Gasteiger partial charge in [-0.25, -0.2) is 5.01 Å². The minimum Gasteiger partial charge on any atom is -0.308 e. The molecule has 7 aromatic carbocycles. The highest BCUT2D eigenvalue weighted by Gasteiger charge is 2.68. The zero-order valence-electron chi connectivity index (χ0n) is 28.1. The Morgan fingerprint density at radius 1 is 0.481 bits per heavy atom. The molecule has 1 unspecified atom stereocenters. The highest BCUT2D eigenvalue weighted by molar-refractivity contribution is 6.14. The number of rotatable bonds is 7. The van der Waals surface area contributed by atoms with E-state index in [1.54, 1.807) is 24.3 Å². The van der Waals surface area contributed by atoms with E-state index >= 15 is 0 Å². The molecule has 0 bridgehead atoms. The van der Waals surface area contributed by atoms with E-state index in [2.05, 4.69) is 148 Å². The lowest BCUT2D eigenvalue weighted by Gasteiger charge is -2.53. The number of fused-ring (bicyclic) bond motifs is 2. The van der Waals surface area contributed by atoms with Crippen LogP contribution in [0.5, 0.6) is 0 Å². The van der Waals surface area contributed by atoms with Gasteiger partial charge in [-0.15, -0.1) is 5.10 Å². The Morgan fingerprint density at radius 2 is 0.923 bits per heavy atom. The van der Waals surface area contributed by atoms with Gasteiger partial charge >= 0.3 is 0 Å². The summed E-state index contributed by atoms with van der Waals surface area (Å²) in [6, 6.07) is 67.9. The summed E-state index contributed by atoms with van der Waals surface area (Å²) in [6.45, 7) is 0. The molecule has 7 heteroatoms. The molecule has 2 heterocycles. The zero-order valence-corrected chi connectivity index (χ0v) is 28.1. The van der Waals surface area contributed by atoms with Gasteiger partial charge in [0.2, 0.25) is 5.79 Å². The number of amidine groups is 1. The highest BCUT2D eigenvalue weighted by Crippen LogP contribution is 2.63. The fourth-order valence-electron chi connectivity index (χ4n) is 8.10. The van der Waals surface area contributed by atoms with Crippen molar-refractivity contribution in [2.24, 2.45) is 5.10 Å². The number of anilines is 3. The van der Waals surface area contributed by atoms with Gasteiger partial charge in [-0.3, -0.25) is 15.0 Å². The Kier molecular flexibility index (Phi) is 7.40. The van der Waals surface area contributed by atoms with Crippen LogP contribution >= 0.6 is 0 Å². The Bertz CT molecular complexity index is 2350. The summed E-state index contributed by atoms with van der Waals surface area (Å²) in [5, 5.41) is 19.5. The molecule has 52 heavy (non-hydrogen) atoms. The Balaban J connectivity index is 1.48. The summed E-state index contributed by atoms with van der Waals surface area (Å²) >= 11 is 0. The predicted octanol–water partition coefficient (Wildman–Crippen LogP) is 9.91. The molecule has 0 N–H and O–H groups in total. The molecule has 1 spiro atoms. The van der Waals surface area contributed by atoms with Crippen molar-refractivity contribution in [2.45, 2.75) is 11.3 Å². The van der Waals surface area contributed by atoms with Crippen LogP contribution in [0.4, 0.5) is 22.7 Å². The number of hydrogen-bond acceptors (Lipinski definition) is 6. The molecule has 0 amide bonds. The molecule has 7 nitrogen and oxygen atoms in total. The second-order valence-electron chi connectivity index (χ2n) is 12.8. The number of hydrazone groups is 1. The maximum Gasteiger partial charge on any atom is 0.269 e. The number of nitro benzene ring substituents is 1. The number of para-hydroxylation sites is 3. The van der Waals surface area contributed by atoms with Gasteiger partial charge in [0.05, 0.1) is 10.6 Å². The molecule has 9 rings (SSSR count). The second kappa shape index (κ2) is 12.4. The van der Waals surface area contributed by atoms with Crippen LogP contribution < -0.4 is 14.8 Å². The standard InChI is InChI=1S/C45H33N5O2/c51-50(52)40-32-30-34(31-33-40)43-46-49(39-26-14-5-15-27-39)45(47(43)37-22-10-3-11-23-37)42-29-17-16-28-41(42)44(35-18-6-1-7-19-35,36-20-8-2-9-21-36)48(45)38-24-12-4-13-25-38/h1-33H. The first-order valence-electron chi connectivity index (χ1n) is 17.3. The first kappa shape index (κ1) is 31.0. The third-order valence-electron chi connectivity index (χ3n) is 10.1. The van der Waals surface area contributed by atoms with E-state index in [-0.39, 0.29) is 10.6 Å². The molecule has 0 aliphatic carbocycles. The van der Waals surface area contributed by atoms with Crippen molar-refractivity contribution in [3.8, 4) is 0 Å². The quantitative estimate of drug-likeness (QED) is 0.124. The van der Waals surface area contributed by atoms with Crippen molar-refractivity contribution < 1.29 is 4.92 Å². The molecule has 2 aliphatic rings. The van der Waals surface area contributed by atoms with Crippen molar-refractivity contribution in [1.29, 1.82) is 0 Å². The molecule has 250 valence electrons. The fourth-order valence-corrected chi connectivity index (χ4v) is 8.10. The minimum absolute atomic E-state index is 0.0209. The molecule has 0 saturated heterocycles. The lowest BCUT2D eigenvalue weighted by Crippen LogP contribution is -2.66. The van der Waals surface area contributed by atoms with Gasteiger partial charge in [-0.1, -0.05) is 140 Å². The molecule has 0 saturated carbocycles. The van der Waals surface area contributed by atoms with Gasteiger partial charge in [-0.2, -0.15) is 0 Å². The number of hydrogen-bond donors (Lipinski definition) is 0. The molecule has 0 fully saturated rings. The Hall–Kier alpha value is -6.99. The third kappa shape index (κ3) is 4.49. The van der Waals surface area contributed by atoms with Gasteiger partial charge in [-0.05, 0) is 65.2 Å². The maximum absolute atomic E-state index is 11.8. The smallest absolute Gasteiger partial charge is 0.269 e. The Morgan fingerprint density at radius 3 is 1.44 bits per heavy atom. The van der Waals surface area contributed by atoms with E-state index in [1.165, 1.54) is 0 Å². The largest absolute Gasteiger partial charge is 0.308 e. The van der Waals surface area contributed by atoms with Crippen LogP contribution in [0.15, 0.2) is 205 Å². The number of non-ortho nitro benzene ring substituents is 1. The number of nitrogens with zero attached hydrogens (tertiary/aromatic N) is 5. The van der Waals surface area contributed by atoms with Gasteiger partial charge in [0.1, 0.15) is 5.54 Å². The van der Waals surface area contributed by atoms with Gasteiger partial charge in [0, 0.05) is 34.6 Å². The van der Waals surface area contributed by atoms with E-state index in [0.29, 0.717) is 5.84 Å². The molecule has 7 aromatic rings. The Labute approximate surface area is 302 Å². The molecule has 1 atom stereocenters. The summed E-state index contributed by atoms with van der Waals surface area (Å²) < 4.78 is 0. The first-order chi connectivity index (χ1) is 25.6. The lowest BCUT2D eigenvalue weighted by molar-refractivity contribution is -0.384. The fraction of sp³-hybridized carbons (Fsp3) is 0.0444. The van der Waals surface area contributed by atoms with E-state index in [9.17, 15) is 10.1 Å². The number of benzene rings is 7. The molecular formula is C45H33N5O2. The highest BCUT2D eigenvalue weighted by atomic mass is 16.6. The normalized spacial score (nSPS) is 17.2. The van der Waals surface area contributed by atoms with Gasteiger partial charge in [0.15, 0.2) is 5.84 Å². The topological polar surface area (TPSA) is 65.2 Å². The van der Waals surface area contributed by atoms with Crippen molar-refractivity contribution in [3.05, 3.63) is 238 Å². The number of nitro groups is 1. The SMILES string of the molecule is O=[N+]([O-])c1ccc(C2=NN(c3ccccc3)C3(c4ccccc4C(c4ccccc4)(c4ccccc4)N3c3ccccc3)N2c2ccccc2)cc1. The van der Waals surface area contributed by atoms with E-state index in [4.69, 9.17) is 5.10 Å². The molecule has 2 aliphatic heterocycles. The van der Waals surface area contributed by atoms with Crippen LogP contribution in [0, 0.1) is 10.1 Å². The predicted molar refractivity (Wildman–Crippen MR) is 207 cm³/mol. The second-order valence-corrected chi connectivity index (χ2v) is 12.8. The average molecular weight is 676 g/mol. The van der Waals surface area contributed by atoms with Gasteiger partial charge in [0.25, 0.3) is 5.69 Å². The summed E-state index contributed by atoms with van der Waals surface area (Å²) in [7, 11) is 0. The van der Waals surface area contributed by atoms with Crippen molar-refractivity contribution in [3.63, 3.8) is 0 Å². The van der Waals surface area contributed by atoms with Crippen LogP contribution in [-0.2, 0) is 11.3 Å².